The Hall–Kier alpha value is -3.14. The molecule has 1 aromatic carbocycles. The van der Waals surface area contributed by atoms with Gasteiger partial charge in [0, 0.05) is 42.7 Å². The monoisotopic (exact) mass is 488 g/mol. The van der Waals surface area contributed by atoms with Crippen molar-refractivity contribution in [3.8, 4) is 0 Å². The first kappa shape index (κ1) is 27.1. The van der Waals surface area contributed by atoms with E-state index < -0.39 is 23.0 Å². The number of benzene rings is 1. The fraction of sp³-hybridized carbons (Fsp3) is 0.458. The van der Waals surface area contributed by atoms with Crippen LogP contribution in [0, 0.1) is 5.41 Å². The summed E-state index contributed by atoms with van der Waals surface area (Å²) in [6.07, 6.45) is 2.59. The molecule has 0 aliphatic carbocycles. The van der Waals surface area contributed by atoms with E-state index in [0.29, 0.717) is 24.9 Å². The highest BCUT2D eigenvalue weighted by molar-refractivity contribution is 8.00. The standard InChI is InChI=1S/C24H32N4O5S/c1-15(2)33-24(32)21(9-8-18(30)13-25)28-23(31)22(34-11-10-26-16(3)29)12-17-14-27-20-7-5-4-6-19(17)20/h4-7,13-15,21-22,25,27H,8-12H2,1-3H3,(H,26,29)(H,28,31)/t21-,22-/m0/s1. The molecule has 184 valence electrons. The van der Waals surface area contributed by atoms with Crippen LogP contribution in [0.3, 0.4) is 0 Å². The molecule has 2 rings (SSSR count). The summed E-state index contributed by atoms with van der Waals surface area (Å²) < 4.78 is 5.27. The van der Waals surface area contributed by atoms with E-state index in [1.165, 1.54) is 18.7 Å². The van der Waals surface area contributed by atoms with Crippen LogP contribution < -0.4 is 10.6 Å². The van der Waals surface area contributed by atoms with Gasteiger partial charge in [-0.3, -0.25) is 14.4 Å². The van der Waals surface area contributed by atoms with E-state index in [0.717, 1.165) is 16.5 Å². The molecule has 2 atom stereocenters. The molecule has 4 N–H and O–H groups in total. The van der Waals surface area contributed by atoms with Crippen LogP contribution in [0.5, 0.6) is 0 Å². The molecule has 0 spiro atoms. The zero-order chi connectivity index (χ0) is 25.1. The number of carbonyl (C=O) groups is 4. The van der Waals surface area contributed by atoms with E-state index in [1.807, 2.05) is 30.5 Å². The Balaban J connectivity index is 2.18. The first-order chi connectivity index (χ1) is 16.2. The molecule has 2 aromatic rings. The minimum absolute atomic E-state index is 0.0435. The molecule has 1 aromatic heterocycles. The minimum atomic E-state index is -1.000. The van der Waals surface area contributed by atoms with Crippen molar-refractivity contribution in [1.82, 2.24) is 15.6 Å². The lowest BCUT2D eigenvalue weighted by Crippen LogP contribution is -2.46. The van der Waals surface area contributed by atoms with E-state index in [4.69, 9.17) is 10.1 Å². The molecule has 0 saturated carbocycles. The number of hydrogen-bond donors (Lipinski definition) is 4. The summed E-state index contributed by atoms with van der Waals surface area (Å²) >= 11 is 1.38. The molecule has 34 heavy (non-hydrogen) atoms. The highest BCUT2D eigenvalue weighted by Gasteiger charge is 2.28. The predicted octanol–water partition coefficient (Wildman–Crippen LogP) is 2.38. The van der Waals surface area contributed by atoms with Crippen molar-refractivity contribution >= 4 is 52.4 Å². The number of aromatic nitrogens is 1. The fourth-order valence-electron chi connectivity index (χ4n) is 3.34. The number of hydrogen-bond acceptors (Lipinski definition) is 7. The van der Waals surface area contributed by atoms with Crippen LogP contribution in [0.1, 0.15) is 39.2 Å². The molecule has 1 heterocycles. The summed E-state index contributed by atoms with van der Waals surface area (Å²) in [5.41, 5.74) is 1.92. The maximum Gasteiger partial charge on any atom is 0.328 e. The van der Waals surface area contributed by atoms with Crippen LogP contribution in [-0.2, 0) is 30.3 Å². The normalized spacial score (nSPS) is 12.7. The number of Topliss-reactive ketones (excluding diaryl/α,β-unsaturated/α-hetero) is 1. The maximum absolute atomic E-state index is 13.3. The molecule has 0 unspecified atom stereocenters. The minimum Gasteiger partial charge on any atom is -0.461 e. The number of carbonyl (C=O) groups excluding carboxylic acids is 4. The predicted molar refractivity (Wildman–Crippen MR) is 133 cm³/mol. The van der Waals surface area contributed by atoms with Crippen molar-refractivity contribution in [2.24, 2.45) is 0 Å². The number of aromatic amines is 1. The van der Waals surface area contributed by atoms with Gasteiger partial charge < -0.3 is 25.8 Å². The van der Waals surface area contributed by atoms with Gasteiger partial charge in [0.25, 0.3) is 0 Å². The molecule has 2 amide bonds. The van der Waals surface area contributed by atoms with Gasteiger partial charge in [0.2, 0.25) is 11.8 Å². The molecule has 0 aliphatic rings. The quantitative estimate of drug-likeness (QED) is 0.183. The SMILES string of the molecule is CC(=O)NCCS[C@@H](Cc1c[nH]c2ccccc12)C(=O)N[C@@H](CCC(=O)C=N)C(=O)OC(C)C. The fourth-order valence-corrected chi connectivity index (χ4v) is 4.36. The van der Waals surface area contributed by atoms with Crippen molar-refractivity contribution in [2.45, 2.75) is 57.4 Å². The number of ether oxygens (including phenoxy) is 1. The highest BCUT2D eigenvalue weighted by atomic mass is 32.2. The molecule has 0 bridgehead atoms. The summed E-state index contributed by atoms with van der Waals surface area (Å²) in [5.74, 6) is -1.04. The smallest absolute Gasteiger partial charge is 0.328 e. The first-order valence-corrected chi connectivity index (χ1v) is 12.2. The largest absolute Gasteiger partial charge is 0.461 e. The first-order valence-electron chi connectivity index (χ1n) is 11.2. The van der Waals surface area contributed by atoms with Gasteiger partial charge in [-0.1, -0.05) is 18.2 Å². The second-order valence-electron chi connectivity index (χ2n) is 8.10. The Labute approximate surface area is 203 Å². The Kier molecular flexibility index (Phi) is 10.8. The average molecular weight is 489 g/mol. The van der Waals surface area contributed by atoms with Crippen LogP contribution in [0.15, 0.2) is 30.5 Å². The number of thioether (sulfide) groups is 1. The summed E-state index contributed by atoms with van der Waals surface area (Å²) in [4.78, 5) is 51.8. The molecular weight excluding hydrogens is 456 g/mol. The van der Waals surface area contributed by atoms with Crippen LogP contribution in [0.25, 0.3) is 10.9 Å². The molecular formula is C24H32N4O5S. The zero-order valence-corrected chi connectivity index (χ0v) is 20.5. The van der Waals surface area contributed by atoms with E-state index >= 15 is 0 Å². The van der Waals surface area contributed by atoms with Gasteiger partial charge in [-0.2, -0.15) is 0 Å². The number of H-pyrrole nitrogens is 1. The van der Waals surface area contributed by atoms with E-state index in [2.05, 4.69) is 15.6 Å². The van der Waals surface area contributed by atoms with Gasteiger partial charge in [0.1, 0.15) is 6.04 Å². The van der Waals surface area contributed by atoms with Crippen molar-refractivity contribution < 1.29 is 23.9 Å². The third-order valence-corrected chi connectivity index (χ3v) is 6.18. The van der Waals surface area contributed by atoms with E-state index in [9.17, 15) is 19.2 Å². The van der Waals surface area contributed by atoms with Crippen molar-refractivity contribution in [2.75, 3.05) is 12.3 Å². The second kappa shape index (κ2) is 13.5. The molecule has 0 aliphatic heterocycles. The Morgan fingerprint density at radius 2 is 1.94 bits per heavy atom. The Morgan fingerprint density at radius 3 is 2.62 bits per heavy atom. The number of fused-ring (bicyclic) bond motifs is 1. The average Bonchev–Trinajstić information content (AvgIpc) is 3.20. The van der Waals surface area contributed by atoms with Gasteiger partial charge in [-0.05, 0) is 38.3 Å². The van der Waals surface area contributed by atoms with Crippen LogP contribution in [0.4, 0.5) is 0 Å². The number of esters is 1. The lowest BCUT2D eigenvalue weighted by Gasteiger charge is -2.22. The lowest BCUT2D eigenvalue weighted by molar-refractivity contribution is -0.151. The molecule has 9 nitrogen and oxygen atoms in total. The summed E-state index contributed by atoms with van der Waals surface area (Å²) in [6, 6.07) is 6.78. The van der Waals surface area contributed by atoms with Crippen molar-refractivity contribution in [1.29, 1.82) is 5.41 Å². The highest BCUT2D eigenvalue weighted by Crippen LogP contribution is 2.24. The number of rotatable bonds is 14. The zero-order valence-electron chi connectivity index (χ0n) is 19.7. The Bertz CT molecular complexity index is 1020. The Morgan fingerprint density at radius 1 is 1.21 bits per heavy atom. The number of nitrogens with one attached hydrogen (secondary N) is 4. The van der Waals surface area contributed by atoms with Gasteiger partial charge in [-0.25, -0.2) is 4.79 Å². The van der Waals surface area contributed by atoms with Crippen LogP contribution >= 0.6 is 11.8 Å². The van der Waals surface area contributed by atoms with Crippen LogP contribution in [-0.4, -0.2) is 64.5 Å². The van der Waals surface area contributed by atoms with E-state index in [1.54, 1.807) is 13.8 Å². The van der Waals surface area contributed by atoms with Crippen molar-refractivity contribution in [3.63, 3.8) is 0 Å². The molecule has 0 fully saturated rings. The molecule has 0 radical (unpaired) electrons. The topological polar surface area (TPSA) is 141 Å². The molecule has 10 heteroatoms. The van der Waals surface area contributed by atoms with E-state index in [-0.39, 0.29) is 30.8 Å². The maximum atomic E-state index is 13.3. The van der Waals surface area contributed by atoms with Crippen molar-refractivity contribution in [3.05, 3.63) is 36.0 Å². The third kappa shape index (κ3) is 8.66. The van der Waals surface area contributed by atoms with Crippen LogP contribution in [0.2, 0.25) is 0 Å². The summed E-state index contributed by atoms with van der Waals surface area (Å²) in [7, 11) is 0. The third-order valence-electron chi connectivity index (χ3n) is 4.96. The number of amides is 2. The summed E-state index contributed by atoms with van der Waals surface area (Å²) in [5, 5.41) is 13.0. The number of para-hydroxylation sites is 1. The summed E-state index contributed by atoms with van der Waals surface area (Å²) in [6.45, 7) is 5.25. The van der Waals surface area contributed by atoms with Gasteiger partial charge in [0.05, 0.1) is 17.6 Å². The molecule has 0 saturated heterocycles. The lowest BCUT2D eigenvalue weighted by atomic mass is 10.1. The number of ketones is 1. The van der Waals surface area contributed by atoms with Gasteiger partial charge in [0.15, 0.2) is 5.78 Å². The second-order valence-corrected chi connectivity index (χ2v) is 9.41. The van der Waals surface area contributed by atoms with Gasteiger partial charge >= 0.3 is 5.97 Å². The van der Waals surface area contributed by atoms with Gasteiger partial charge in [-0.15, -0.1) is 11.8 Å².